The Kier molecular flexibility index (Phi) is 19.6. The highest BCUT2D eigenvalue weighted by Crippen LogP contribution is 2.23. The second kappa shape index (κ2) is 21.3. The van der Waals surface area contributed by atoms with Gasteiger partial charge in [0.05, 0.1) is 6.42 Å². The Morgan fingerprint density at radius 2 is 1.16 bits per heavy atom. The molecule has 7 nitrogen and oxygen atoms in total. The lowest BCUT2D eigenvalue weighted by Gasteiger charge is -2.48. The highest BCUT2D eigenvalue weighted by Gasteiger charge is 2.37. The minimum absolute atomic E-state index is 0.0376. The Balaban J connectivity index is 0.00000204. The molecule has 2 heterocycles. The van der Waals surface area contributed by atoms with Crippen LogP contribution in [0.25, 0.3) is 0 Å². The van der Waals surface area contributed by atoms with Crippen molar-refractivity contribution in [3.05, 3.63) is 65.7 Å². The number of carbonyl (C=O) groups excluding carboxylic acids is 3. The van der Waals surface area contributed by atoms with Crippen LogP contribution in [0.15, 0.2) is 54.6 Å². The lowest BCUT2D eigenvalue weighted by atomic mass is 10.0. The molecule has 2 fully saturated rings. The smallest absolute Gasteiger partial charge is 0.336 e. The molecule has 3 amide bonds. The zero-order valence-electron chi connectivity index (χ0n) is 27.1. The predicted octanol–water partition coefficient (Wildman–Crippen LogP) is 7.35. The van der Waals surface area contributed by atoms with Crippen LogP contribution in [0.1, 0.15) is 88.9 Å². The van der Waals surface area contributed by atoms with Crippen LogP contribution in [0.2, 0.25) is 0 Å². The lowest BCUT2D eigenvalue weighted by Crippen LogP contribution is -2.64. The van der Waals surface area contributed by atoms with Gasteiger partial charge in [0, 0.05) is 68.5 Å². The molecule has 10 heteroatoms. The molecule has 4 rings (SSSR count). The molecular weight excluding hydrogens is 557 g/mol. The first-order chi connectivity index (χ1) is 20.7. The molecule has 43 heavy (non-hydrogen) atoms. The van der Waals surface area contributed by atoms with Crippen LogP contribution in [0.4, 0.5) is 18.9 Å². The van der Waals surface area contributed by atoms with Gasteiger partial charge in [0.2, 0.25) is 5.91 Å². The van der Waals surface area contributed by atoms with Gasteiger partial charge >= 0.3 is 6.18 Å². The number of anilines is 1. The van der Waals surface area contributed by atoms with E-state index in [9.17, 15) is 27.6 Å². The molecule has 2 saturated heterocycles. The number of amides is 3. The SMILES string of the molecule is CC.CC.CC.CC.O=C(CCC(F)(F)F)Nc1ccc(C(=O)N2CC(N3CCN(C(=O)c4ccccc4)CC3)C2)cc1. The van der Waals surface area contributed by atoms with E-state index in [1.54, 1.807) is 17.0 Å². The summed E-state index contributed by atoms with van der Waals surface area (Å²) in [6, 6.07) is 15.6. The van der Waals surface area contributed by atoms with Crippen molar-refractivity contribution in [2.75, 3.05) is 44.6 Å². The van der Waals surface area contributed by atoms with Crippen LogP contribution in [-0.2, 0) is 4.79 Å². The van der Waals surface area contributed by atoms with Gasteiger partial charge in [-0.2, -0.15) is 13.2 Å². The van der Waals surface area contributed by atoms with Crippen LogP contribution in [0.5, 0.6) is 0 Å². The van der Waals surface area contributed by atoms with Crippen molar-refractivity contribution in [2.24, 2.45) is 0 Å². The summed E-state index contributed by atoms with van der Waals surface area (Å²) in [6.45, 7) is 20.0. The number of nitrogens with one attached hydrogen (secondary N) is 1. The van der Waals surface area contributed by atoms with E-state index in [2.05, 4.69) is 10.2 Å². The number of likely N-dealkylation sites (tertiary alicyclic amines) is 1. The fraction of sp³-hybridized carbons (Fsp3) is 0.545. The Morgan fingerprint density at radius 1 is 0.698 bits per heavy atom. The van der Waals surface area contributed by atoms with Crippen molar-refractivity contribution in [1.29, 1.82) is 0 Å². The van der Waals surface area contributed by atoms with E-state index in [0.717, 1.165) is 13.1 Å². The van der Waals surface area contributed by atoms with Gasteiger partial charge in [0.1, 0.15) is 0 Å². The maximum absolute atomic E-state index is 12.7. The topological polar surface area (TPSA) is 73.0 Å². The molecule has 2 aromatic carbocycles. The zero-order valence-corrected chi connectivity index (χ0v) is 27.1. The summed E-state index contributed by atoms with van der Waals surface area (Å²) in [6.07, 6.45) is -6.20. The van der Waals surface area contributed by atoms with Crippen molar-refractivity contribution in [1.82, 2.24) is 14.7 Å². The first kappa shape index (κ1) is 39.6. The molecule has 2 aliphatic heterocycles. The molecule has 0 spiro atoms. The molecule has 0 unspecified atom stereocenters. The molecule has 0 radical (unpaired) electrons. The number of hydrogen-bond acceptors (Lipinski definition) is 4. The fourth-order valence-electron chi connectivity index (χ4n) is 4.26. The largest absolute Gasteiger partial charge is 0.389 e. The van der Waals surface area contributed by atoms with E-state index in [-0.39, 0.29) is 17.9 Å². The number of piperazine rings is 1. The fourth-order valence-corrected chi connectivity index (χ4v) is 4.26. The minimum atomic E-state index is -4.38. The van der Waals surface area contributed by atoms with Crippen LogP contribution >= 0.6 is 0 Å². The number of benzene rings is 2. The van der Waals surface area contributed by atoms with Gasteiger partial charge in [0.25, 0.3) is 11.8 Å². The summed E-state index contributed by atoms with van der Waals surface area (Å²) in [5.74, 6) is -0.817. The highest BCUT2D eigenvalue weighted by atomic mass is 19.4. The maximum Gasteiger partial charge on any atom is 0.389 e. The van der Waals surface area contributed by atoms with Crippen LogP contribution < -0.4 is 5.32 Å². The second-order valence-electron chi connectivity index (χ2n) is 8.80. The van der Waals surface area contributed by atoms with Gasteiger partial charge in [-0.1, -0.05) is 73.6 Å². The number of nitrogens with zero attached hydrogens (tertiary/aromatic N) is 3. The van der Waals surface area contributed by atoms with Crippen LogP contribution in [-0.4, -0.2) is 83.9 Å². The number of rotatable bonds is 6. The first-order valence-electron chi connectivity index (χ1n) is 15.5. The summed E-state index contributed by atoms with van der Waals surface area (Å²) >= 11 is 0. The van der Waals surface area contributed by atoms with Gasteiger partial charge in [-0.3, -0.25) is 19.3 Å². The molecule has 2 aromatic rings. The number of hydrogen-bond donors (Lipinski definition) is 1. The van der Waals surface area contributed by atoms with Gasteiger partial charge < -0.3 is 15.1 Å². The molecule has 0 aromatic heterocycles. The zero-order chi connectivity index (χ0) is 33.0. The number of alkyl halides is 3. The van der Waals surface area contributed by atoms with E-state index in [4.69, 9.17) is 0 Å². The average molecular weight is 609 g/mol. The lowest BCUT2D eigenvalue weighted by molar-refractivity contribution is -0.142. The molecule has 0 saturated carbocycles. The summed E-state index contributed by atoms with van der Waals surface area (Å²) < 4.78 is 36.7. The molecule has 242 valence electrons. The molecule has 0 bridgehead atoms. The van der Waals surface area contributed by atoms with Crippen molar-refractivity contribution in [2.45, 2.75) is 80.4 Å². The van der Waals surface area contributed by atoms with Crippen molar-refractivity contribution in [3.8, 4) is 0 Å². The molecular formula is C33H51F3N4O3. The van der Waals surface area contributed by atoms with Crippen LogP contribution in [0.3, 0.4) is 0 Å². The molecule has 2 aliphatic rings. The van der Waals surface area contributed by atoms with E-state index in [1.807, 2.05) is 90.6 Å². The Hall–Kier alpha value is -3.40. The third kappa shape index (κ3) is 13.2. The summed E-state index contributed by atoms with van der Waals surface area (Å²) in [5.41, 5.74) is 1.49. The van der Waals surface area contributed by atoms with Crippen molar-refractivity contribution < 1.29 is 27.6 Å². The third-order valence-corrected chi connectivity index (χ3v) is 6.34. The number of carbonyl (C=O) groups is 3. The van der Waals surface area contributed by atoms with Crippen molar-refractivity contribution in [3.63, 3.8) is 0 Å². The molecule has 0 aliphatic carbocycles. The van der Waals surface area contributed by atoms with Crippen molar-refractivity contribution >= 4 is 23.4 Å². The molecule has 1 N–H and O–H groups in total. The first-order valence-corrected chi connectivity index (χ1v) is 15.5. The minimum Gasteiger partial charge on any atom is -0.336 e. The van der Waals surface area contributed by atoms with E-state index in [0.29, 0.717) is 43.0 Å². The summed E-state index contributed by atoms with van der Waals surface area (Å²) in [4.78, 5) is 42.9. The summed E-state index contributed by atoms with van der Waals surface area (Å²) in [5, 5.41) is 2.41. The Bertz CT molecular complexity index is 1050. The third-order valence-electron chi connectivity index (χ3n) is 6.34. The van der Waals surface area contributed by atoms with Crippen LogP contribution in [0, 0.1) is 0 Å². The Morgan fingerprint density at radius 3 is 1.65 bits per heavy atom. The van der Waals surface area contributed by atoms with Gasteiger partial charge in [0.15, 0.2) is 0 Å². The Labute approximate surface area is 256 Å². The normalized spacial score (nSPS) is 14.5. The highest BCUT2D eigenvalue weighted by molar-refractivity contribution is 5.96. The summed E-state index contributed by atoms with van der Waals surface area (Å²) in [7, 11) is 0. The second-order valence-corrected chi connectivity index (χ2v) is 8.80. The van der Waals surface area contributed by atoms with E-state index < -0.39 is 24.9 Å². The van der Waals surface area contributed by atoms with E-state index >= 15 is 0 Å². The van der Waals surface area contributed by atoms with E-state index in [1.165, 1.54) is 12.1 Å². The maximum atomic E-state index is 12.7. The van der Waals surface area contributed by atoms with Gasteiger partial charge in [-0.15, -0.1) is 0 Å². The van der Waals surface area contributed by atoms with Gasteiger partial charge in [-0.05, 0) is 36.4 Å². The standard InChI is InChI=1S/C25H27F3N4O3.4C2H6/c26-25(27,28)11-10-22(33)29-20-8-6-19(7-9-20)24(35)32-16-21(17-32)30-12-14-31(15-13-30)23(34)18-4-2-1-3-5-18;4*1-2/h1-9,21H,10-17H2,(H,29,33);4*1-2H3. The average Bonchev–Trinajstić information content (AvgIpc) is 3.03. The predicted molar refractivity (Wildman–Crippen MR) is 169 cm³/mol. The quantitative estimate of drug-likeness (QED) is 0.372. The van der Waals surface area contributed by atoms with Gasteiger partial charge in [-0.25, -0.2) is 0 Å². The monoisotopic (exact) mass is 608 g/mol. The molecule has 0 atom stereocenters. The number of halogens is 3.